The number of rotatable bonds is 4. The lowest BCUT2D eigenvalue weighted by Crippen LogP contribution is -2.25. The molecular formula is C16H18N4O. The van der Waals surface area contributed by atoms with Gasteiger partial charge < -0.3 is 10.6 Å². The molecule has 3 rings (SSSR count). The Morgan fingerprint density at radius 3 is 2.29 bits per heavy atom. The molecule has 0 aliphatic heterocycles. The molecule has 0 spiro atoms. The number of carbonyl (C=O) groups excluding carboxylic acids is 1. The fraction of sp³-hybridized carbons (Fsp3) is 0.312. The van der Waals surface area contributed by atoms with Crippen molar-refractivity contribution in [2.75, 3.05) is 5.32 Å². The Hall–Kier alpha value is -2.43. The maximum atomic E-state index is 11.9. The molecule has 5 nitrogen and oxygen atoms in total. The first-order valence-electron chi connectivity index (χ1n) is 7.10. The van der Waals surface area contributed by atoms with Crippen molar-refractivity contribution in [3.63, 3.8) is 0 Å². The zero-order valence-electron chi connectivity index (χ0n) is 12.2. The Balaban J connectivity index is 1.69. The van der Waals surface area contributed by atoms with E-state index in [1.165, 1.54) is 0 Å². The van der Waals surface area contributed by atoms with Crippen molar-refractivity contribution in [3.8, 4) is 0 Å². The number of carbonyl (C=O) groups is 1. The summed E-state index contributed by atoms with van der Waals surface area (Å²) in [5, 5.41) is 6.12. The van der Waals surface area contributed by atoms with Crippen LogP contribution in [0.15, 0.2) is 30.3 Å². The minimum Gasteiger partial charge on any atom is -0.349 e. The molecule has 1 aromatic heterocycles. The van der Waals surface area contributed by atoms with E-state index in [9.17, 15) is 4.79 Å². The van der Waals surface area contributed by atoms with Crippen molar-refractivity contribution >= 4 is 17.5 Å². The van der Waals surface area contributed by atoms with Gasteiger partial charge in [0, 0.05) is 28.7 Å². The van der Waals surface area contributed by atoms with E-state index in [1.807, 2.05) is 44.2 Å². The molecule has 1 saturated carbocycles. The number of aryl methyl sites for hydroxylation is 2. The molecule has 0 saturated heterocycles. The van der Waals surface area contributed by atoms with Gasteiger partial charge in [-0.1, -0.05) is 0 Å². The first-order valence-corrected chi connectivity index (χ1v) is 7.10. The monoisotopic (exact) mass is 282 g/mol. The number of hydrogen-bond donors (Lipinski definition) is 2. The SMILES string of the molecule is Cc1cc(C)nc(Nc2ccc(C(=O)NC3CC3)cc2)n1. The van der Waals surface area contributed by atoms with Crippen LogP contribution in [0.25, 0.3) is 0 Å². The van der Waals surface area contributed by atoms with Crippen LogP contribution in [0.3, 0.4) is 0 Å². The van der Waals surface area contributed by atoms with Gasteiger partial charge in [0.2, 0.25) is 5.95 Å². The van der Waals surface area contributed by atoms with Crippen LogP contribution in [0.4, 0.5) is 11.6 Å². The van der Waals surface area contributed by atoms with Gasteiger partial charge in [0.05, 0.1) is 0 Å². The first kappa shape index (κ1) is 13.5. The molecule has 0 bridgehead atoms. The van der Waals surface area contributed by atoms with E-state index in [1.54, 1.807) is 0 Å². The van der Waals surface area contributed by atoms with Gasteiger partial charge >= 0.3 is 0 Å². The van der Waals surface area contributed by atoms with Gasteiger partial charge in [-0.3, -0.25) is 4.79 Å². The Bertz CT molecular complexity index is 642. The maximum Gasteiger partial charge on any atom is 0.251 e. The van der Waals surface area contributed by atoms with Crippen LogP contribution in [-0.4, -0.2) is 21.9 Å². The lowest BCUT2D eigenvalue weighted by atomic mass is 10.2. The van der Waals surface area contributed by atoms with E-state index in [4.69, 9.17) is 0 Å². The van der Waals surface area contributed by atoms with Crippen molar-refractivity contribution in [1.82, 2.24) is 15.3 Å². The molecule has 2 aromatic rings. The normalized spacial score (nSPS) is 13.8. The van der Waals surface area contributed by atoms with Crippen LogP contribution in [0, 0.1) is 13.8 Å². The molecule has 1 aliphatic rings. The van der Waals surface area contributed by atoms with Crippen LogP contribution >= 0.6 is 0 Å². The molecule has 5 heteroatoms. The van der Waals surface area contributed by atoms with Gasteiger partial charge in [-0.05, 0) is 57.0 Å². The lowest BCUT2D eigenvalue weighted by molar-refractivity contribution is 0.0951. The third-order valence-electron chi connectivity index (χ3n) is 3.30. The number of benzene rings is 1. The molecular weight excluding hydrogens is 264 g/mol. The van der Waals surface area contributed by atoms with Gasteiger partial charge in [-0.15, -0.1) is 0 Å². The third kappa shape index (κ3) is 3.56. The number of anilines is 2. The summed E-state index contributed by atoms with van der Waals surface area (Å²) in [5.41, 5.74) is 3.38. The van der Waals surface area contributed by atoms with E-state index in [0.29, 0.717) is 17.6 Å². The highest BCUT2D eigenvalue weighted by molar-refractivity contribution is 5.94. The van der Waals surface area contributed by atoms with Crippen molar-refractivity contribution in [3.05, 3.63) is 47.3 Å². The Labute approximate surface area is 123 Å². The predicted octanol–water partition coefficient (Wildman–Crippen LogP) is 2.73. The number of aromatic nitrogens is 2. The molecule has 0 atom stereocenters. The Morgan fingerprint density at radius 1 is 1.10 bits per heavy atom. The van der Waals surface area contributed by atoms with Crippen LogP contribution in [0.1, 0.15) is 34.6 Å². The topological polar surface area (TPSA) is 66.9 Å². The van der Waals surface area contributed by atoms with Crippen LogP contribution in [0.5, 0.6) is 0 Å². The predicted molar refractivity (Wildman–Crippen MR) is 81.7 cm³/mol. The Kier molecular flexibility index (Phi) is 3.56. The summed E-state index contributed by atoms with van der Waals surface area (Å²) in [7, 11) is 0. The molecule has 2 N–H and O–H groups in total. The molecule has 1 heterocycles. The second-order valence-electron chi connectivity index (χ2n) is 5.42. The minimum absolute atomic E-state index is 0.00769. The zero-order valence-corrected chi connectivity index (χ0v) is 12.2. The van der Waals surface area contributed by atoms with Gasteiger partial charge in [0.1, 0.15) is 0 Å². The van der Waals surface area contributed by atoms with Gasteiger partial charge in [-0.2, -0.15) is 0 Å². The summed E-state index contributed by atoms with van der Waals surface area (Å²) in [5.74, 6) is 0.564. The Morgan fingerprint density at radius 2 is 1.71 bits per heavy atom. The van der Waals surface area contributed by atoms with Crippen molar-refractivity contribution in [1.29, 1.82) is 0 Å². The quantitative estimate of drug-likeness (QED) is 0.905. The van der Waals surface area contributed by atoms with Crippen LogP contribution in [-0.2, 0) is 0 Å². The maximum absolute atomic E-state index is 11.9. The molecule has 0 unspecified atom stereocenters. The molecule has 21 heavy (non-hydrogen) atoms. The van der Waals surface area contributed by atoms with Gasteiger partial charge in [0.25, 0.3) is 5.91 Å². The molecule has 108 valence electrons. The zero-order chi connectivity index (χ0) is 14.8. The van der Waals surface area contributed by atoms with E-state index < -0.39 is 0 Å². The standard InChI is InChI=1S/C16H18N4O/c1-10-9-11(2)18-16(17-10)20-14-5-3-12(4-6-14)15(21)19-13-7-8-13/h3-6,9,13H,7-8H2,1-2H3,(H,19,21)(H,17,18,20). The summed E-state index contributed by atoms with van der Waals surface area (Å²) in [6, 6.07) is 9.65. The molecule has 1 fully saturated rings. The summed E-state index contributed by atoms with van der Waals surface area (Å²) < 4.78 is 0. The second-order valence-corrected chi connectivity index (χ2v) is 5.42. The van der Waals surface area contributed by atoms with Crippen LogP contribution in [0.2, 0.25) is 0 Å². The number of nitrogens with one attached hydrogen (secondary N) is 2. The number of hydrogen-bond acceptors (Lipinski definition) is 4. The largest absolute Gasteiger partial charge is 0.349 e. The minimum atomic E-state index is -0.00769. The lowest BCUT2D eigenvalue weighted by Gasteiger charge is -2.08. The first-order chi connectivity index (χ1) is 10.1. The highest BCUT2D eigenvalue weighted by Gasteiger charge is 2.23. The molecule has 1 aliphatic carbocycles. The fourth-order valence-electron chi connectivity index (χ4n) is 2.11. The van der Waals surface area contributed by atoms with E-state index in [-0.39, 0.29) is 5.91 Å². The molecule has 0 radical (unpaired) electrons. The number of nitrogens with zero attached hydrogens (tertiary/aromatic N) is 2. The van der Waals surface area contributed by atoms with Crippen molar-refractivity contribution in [2.24, 2.45) is 0 Å². The average molecular weight is 282 g/mol. The van der Waals surface area contributed by atoms with Gasteiger partial charge in [-0.25, -0.2) is 9.97 Å². The summed E-state index contributed by atoms with van der Waals surface area (Å²) in [6.07, 6.45) is 2.19. The smallest absolute Gasteiger partial charge is 0.251 e. The summed E-state index contributed by atoms with van der Waals surface area (Å²) in [6.45, 7) is 3.87. The van der Waals surface area contributed by atoms with E-state index >= 15 is 0 Å². The van der Waals surface area contributed by atoms with Crippen LogP contribution < -0.4 is 10.6 Å². The highest BCUT2D eigenvalue weighted by atomic mass is 16.1. The number of amides is 1. The average Bonchev–Trinajstić information content (AvgIpc) is 3.22. The fourth-order valence-corrected chi connectivity index (χ4v) is 2.11. The second kappa shape index (κ2) is 5.52. The van der Waals surface area contributed by atoms with Gasteiger partial charge in [0.15, 0.2) is 0 Å². The molecule has 1 aromatic carbocycles. The summed E-state index contributed by atoms with van der Waals surface area (Å²) in [4.78, 5) is 20.6. The highest BCUT2D eigenvalue weighted by Crippen LogP contribution is 2.20. The molecule has 1 amide bonds. The summed E-state index contributed by atoms with van der Waals surface area (Å²) >= 11 is 0. The van der Waals surface area contributed by atoms with Crippen molar-refractivity contribution in [2.45, 2.75) is 32.7 Å². The third-order valence-corrected chi connectivity index (χ3v) is 3.30. The van der Waals surface area contributed by atoms with E-state index in [0.717, 1.165) is 29.9 Å². The van der Waals surface area contributed by atoms with E-state index in [2.05, 4.69) is 20.6 Å². The van der Waals surface area contributed by atoms with Crippen molar-refractivity contribution < 1.29 is 4.79 Å².